The van der Waals surface area contributed by atoms with Crippen molar-refractivity contribution in [2.24, 2.45) is 0 Å². The van der Waals surface area contributed by atoms with E-state index >= 15 is 8.78 Å². The molecule has 3 saturated heterocycles. The van der Waals surface area contributed by atoms with Crippen LogP contribution in [0.1, 0.15) is 46.1 Å². The van der Waals surface area contributed by atoms with Crippen LogP contribution >= 0.6 is 0 Å². The van der Waals surface area contributed by atoms with E-state index in [1.165, 1.54) is 6.07 Å². The molecule has 0 spiro atoms. The first-order chi connectivity index (χ1) is 25.4. The van der Waals surface area contributed by atoms with Gasteiger partial charge in [-0.3, -0.25) is 9.80 Å². The Kier molecular flexibility index (Phi) is 8.86. The molecular formula is C40H42F2N6O5. The van der Waals surface area contributed by atoms with Crippen molar-refractivity contribution in [1.82, 2.24) is 24.8 Å². The number of carbonyl (C=O) groups excluding carboxylic acids is 1. The average molecular weight is 725 g/mol. The Labute approximate surface area is 306 Å². The summed E-state index contributed by atoms with van der Waals surface area (Å²) in [5.74, 6) is 1.61. The number of hydrogen-bond donors (Lipinski definition) is 0. The lowest BCUT2D eigenvalue weighted by Gasteiger charge is -2.48. The van der Waals surface area contributed by atoms with Crippen LogP contribution in [-0.4, -0.2) is 107 Å². The Morgan fingerprint density at radius 1 is 1.09 bits per heavy atom. The summed E-state index contributed by atoms with van der Waals surface area (Å²) in [5.41, 5.74) is 0.261. The molecule has 276 valence electrons. The fourth-order valence-electron chi connectivity index (χ4n) is 8.24. The number of carbonyl (C=O) groups is 1. The lowest BCUT2D eigenvalue weighted by atomic mass is 9.96. The molecule has 0 aliphatic carbocycles. The third-order valence-corrected chi connectivity index (χ3v) is 10.4. The summed E-state index contributed by atoms with van der Waals surface area (Å²) in [6, 6.07) is 7.20. The standard InChI is InChI=1S/C40H42F2N6O5/c1-7-26-28(41)13-11-24-9-8-10-27(30(24)26)33-32(42)34-31-36(45-38(44-34)51-21-22(2)19-46-15-17-50-18-16-46)47-20-25-12-14-29(35(47)23(3)52-37(31)43-33)48(25)39(49)53-40(4,5)6/h1,8-11,13,23,25,29,35H,2,12,14-21H2,3-6H3/t23-,25+,29-,35+/m0/s1. The van der Waals surface area contributed by atoms with Crippen LogP contribution in [0.2, 0.25) is 0 Å². The highest BCUT2D eigenvalue weighted by Crippen LogP contribution is 2.47. The molecular weight excluding hydrogens is 682 g/mol. The van der Waals surface area contributed by atoms with Crippen molar-refractivity contribution in [3.8, 4) is 35.5 Å². The number of terminal acetylenes is 1. The summed E-state index contributed by atoms with van der Waals surface area (Å²) in [7, 11) is 0. The van der Waals surface area contributed by atoms with Crippen LogP contribution in [-0.2, 0) is 9.47 Å². The Morgan fingerprint density at radius 2 is 1.89 bits per heavy atom. The normalized spacial score (nSPS) is 22.6. The monoisotopic (exact) mass is 724 g/mol. The van der Waals surface area contributed by atoms with Gasteiger partial charge in [0.05, 0.1) is 36.9 Å². The van der Waals surface area contributed by atoms with Crippen molar-refractivity contribution < 1.29 is 32.5 Å². The molecule has 4 aromatic rings. The van der Waals surface area contributed by atoms with Gasteiger partial charge >= 0.3 is 12.1 Å². The van der Waals surface area contributed by atoms with Gasteiger partial charge < -0.3 is 23.8 Å². The molecule has 3 fully saturated rings. The molecule has 4 atom stereocenters. The van der Waals surface area contributed by atoms with E-state index in [0.717, 1.165) is 31.5 Å². The Bertz CT molecular complexity index is 2180. The minimum Gasteiger partial charge on any atom is -0.472 e. The van der Waals surface area contributed by atoms with Crippen LogP contribution in [0, 0.1) is 24.0 Å². The molecule has 2 bridgehead atoms. The lowest BCUT2D eigenvalue weighted by molar-refractivity contribution is 0.000942. The largest absolute Gasteiger partial charge is 0.472 e. The number of piperazine rings is 1. The van der Waals surface area contributed by atoms with Crippen LogP contribution < -0.4 is 14.4 Å². The van der Waals surface area contributed by atoms with Gasteiger partial charge in [0.2, 0.25) is 5.88 Å². The molecule has 0 N–H and O–H groups in total. The molecule has 4 aliphatic heterocycles. The lowest BCUT2D eigenvalue weighted by Crippen LogP contribution is -2.65. The number of aromatic nitrogens is 3. The molecule has 4 aliphatic rings. The van der Waals surface area contributed by atoms with Crippen molar-refractivity contribution in [3.05, 3.63) is 59.7 Å². The molecule has 2 aromatic heterocycles. The minimum absolute atomic E-state index is 0.00104. The Hall–Kier alpha value is -5.06. The fourth-order valence-corrected chi connectivity index (χ4v) is 8.24. The van der Waals surface area contributed by atoms with E-state index in [-0.39, 0.29) is 64.9 Å². The van der Waals surface area contributed by atoms with Gasteiger partial charge in [-0.2, -0.15) is 9.97 Å². The van der Waals surface area contributed by atoms with Gasteiger partial charge in [0.1, 0.15) is 46.5 Å². The highest BCUT2D eigenvalue weighted by molar-refractivity contribution is 6.03. The Balaban J connectivity index is 1.26. The summed E-state index contributed by atoms with van der Waals surface area (Å²) in [5, 5.41) is 1.26. The van der Waals surface area contributed by atoms with Gasteiger partial charge in [0.25, 0.3) is 0 Å². The quantitative estimate of drug-likeness (QED) is 0.171. The maximum absolute atomic E-state index is 17.2. The number of fused-ring (bicyclic) bond motifs is 6. The smallest absolute Gasteiger partial charge is 0.410 e. The van der Waals surface area contributed by atoms with E-state index in [9.17, 15) is 4.79 Å². The number of anilines is 1. The van der Waals surface area contributed by atoms with Crippen molar-refractivity contribution >= 4 is 33.6 Å². The highest BCUT2D eigenvalue weighted by Gasteiger charge is 2.54. The molecule has 2 aromatic carbocycles. The second kappa shape index (κ2) is 13.4. The van der Waals surface area contributed by atoms with Crippen LogP contribution in [0.25, 0.3) is 32.9 Å². The van der Waals surface area contributed by atoms with Crippen LogP contribution in [0.5, 0.6) is 11.9 Å². The first-order valence-corrected chi connectivity index (χ1v) is 18.1. The van der Waals surface area contributed by atoms with Crippen molar-refractivity contribution in [2.45, 2.75) is 70.4 Å². The molecule has 11 nitrogen and oxygen atoms in total. The van der Waals surface area contributed by atoms with E-state index < -0.39 is 23.3 Å². The zero-order chi connectivity index (χ0) is 37.2. The van der Waals surface area contributed by atoms with E-state index in [1.807, 2.05) is 32.6 Å². The van der Waals surface area contributed by atoms with Crippen molar-refractivity contribution in [3.63, 3.8) is 0 Å². The predicted molar refractivity (Wildman–Crippen MR) is 196 cm³/mol. The summed E-state index contributed by atoms with van der Waals surface area (Å²) < 4.78 is 56.5. The number of nitrogens with zero attached hydrogens (tertiary/aromatic N) is 6. The zero-order valence-electron chi connectivity index (χ0n) is 30.3. The number of morpholine rings is 1. The molecule has 8 rings (SSSR count). The first-order valence-electron chi connectivity index (χ1n) is 18.1. The molecule has 0 saturated carbocycles. The highest BCUT2D eigenvalue weighted by atomic mass is 19.1. The maximum Gasteiger partial charge on any atom is 0.410 e. The molecule has 0 radical (unpaired) electrons. The van der Waals surface area contributed by atoms with E-state index in [0.29, 0.717) is 48.5 Å². The number of halogens is 2. The summed E-state index contributed by atoms with van der Waals surface area (Å²) in [6.45, 7) is 15.7. The molecule has 1 amide bonds. The Morgan fingerprint density at radius 3 is 2.64 bits per heavy atom. The maximum atomic E-state index is 17.2. The zero-order valence-corrected chi connectivity index (χ0v) is 30.3. The van der Waals surface area contributed by atoms with Crippen LogP contribution in [0.15, 0.2) is 42.5 Å². The van der Waals surface area contributed by atoms with Crippen LogP contribution in [0.3, 0.4) is 0 Å². The third kappa shape index (κ3) is 6.27. The fraction of sp³-hybridized carbons (Fsp3) is 0.450. The number of amides is 1. The third-order valence-electron chi connectivity index (χ3n) is 10.4. The average Bonchev–Trinajstić information content (AvgIpc) is 3.37. The SMILES string of the molecule is C#Cc1c(F)ccc2cccc(-c3nc4c5c(nc(OCC(=C)CN6CCOCC6)nc5c3F)N3C[C@H]5CC[C@@H]([C@H]3[C@H](C)O4)N5C(=O)OC(C)(C)C)c12. The summed E-state index contributed by atoms with van der Waals surface area (Å²) in [6.07, 6.45) is 6.36. The van der Waals surface area contributed by atoms with Gasteiger partial charge in [-0.1, -0.05) is 36.8 Å². The van der Waals surface area contributed by atoms with E-state index in [2.05, 4.69) is 27.3 Å². The minimum atomic E-state index is -0.755. The number of ether oxygens (including phenoxy) is 4. The molecule has 0 unspecified atom stereocenters. The van der Waals surface area contributed by atoms with Crippen molar-refractivity contribution in [1.29, 1.82) is 0 Å². The summed E-state index contributed by atoms with van der Waals surface area (Å²) >= 11 is 0. The van der Waals surface area contributed by atoms with Gasteiger partial charge in [0.15, 0.2) is 5.82 Å². The van der Waals surface area contributed by atoms with Gasteiger partial charge in [0, 0.05) is 37.1 Å². The molecule has 6 heterocycles. The van der Waals surface area contributed by atoms with Gasteiger partial charge in [-0.15, -0.1) is 6.42 Å². The van der Waals surface area contributed by atoms with Crippen molar-refractivity contribution in [2.75, 3.05) is 50.9 Å². The van der Waals surface area contributed by atoms with E-state index in [1.54, 1.807) is 24.3 Å². The number of pyridine rings is 1. The predicted octanol–water partition coefficient (Wildman–Crippen LogP) is 6.11. The van der Waals surface area contributed by atoms with E-state index in [4.69, 9.17) is 35.3 Å². The first kappa shape index (κ1) is 35.0. The second-order valence-corrected chi connectivity index (χ2v) is 15.2. The number of benzene rings is 2. The van der Waals surface area contributed by atoms with Gasteiger partial charge in [-0.05, 0) is 57.6 Å². The molecule has 13 heteroatoms. The summed E-state index contributed by atoms with van der Waals surface area (Å²) in [4.78, 5) is 34.1. The second-order valence-electron chi connectivity index (χ2n) is 15.2. The number of rotatable bonds is 6. The molecule has 53 heavy (non-hydrogen) atoms. The van der Waals surface area contributed by atoms with Gasteiger partial charge in [-0.25, -0.2) is 18.6 Å². The van der Waals surface area contributed by atoms with Crippen LogP contribution in [0.4, 0.5) is 19.4 Å². The topological polar surface area (TPSA) is 102 Å². The number of hydrogen-bond acceptors (Lipinski definition) is 10.